The summed E-state index contributed by atoms with van der Waals surface area (Å²) >= 11 is 1.31. The maximum absolute atomic E-state index is 12.6. The van der Waals surface area contributed by atoms with Gasteiger partial charge in [0.2, 0.25) is 12.7 Å². The third kappa shape index (κ3) is 4.90. The average Bonchev–Trinajstić information content (AvgIpc) is 3.25. The van der Waals surface area contributed by atoms with E-state index in [0.29, 0.717) is 29.3 Å². The van der Waals surface area contributed by atoms with Gasteiger partial charge in [-0.2, -0.15) is 0 Å². The molecular weight excluding hydrogens is 402 g/mol. The normalized spacial score (nSPS) is 11.7. The molecule has 152 valence electrons. The summed E-state index contributed by atoms with van der Waals surface area (Å²) in [4.78, 5) is 29.8. The Kier molecular flexibility index (Phi) is 6.14. The van der Waals surface area contributed by atoms with Crippen LogP contribution in [-0.2, 0) is 11.3 Å². The van der Waals surface area contributed by atoms with Crippen molar-refractivity contribution in [2.75, 3.05) is 17.9 Å². The average molecular weight is 421 g/mol. The zero-order valence-corrected chi connectivity index (χ0v) is 16.8. The molecule has 1 aromatic heterocycles. The molecule has 2 heterocycles. The second-order valence-corrected chi connectivity index (χ2v) is 7.46. The highest BCUT2D eigenvalue weighted by atomic mass is 32.2. The number of rotatable bonds is 7. The Balaban J connectivity index is 1.34. The minimum absolute atomic E-state index is 0.168. The van der Waals surface area contributed by atoms with Crippen molar-refractivity contribution >= 4 is 29.3 Å². The van der Waals surface area contributed by atoms with Crippen LogP contribution in [0.4, 0.5) is 5.69 Å². The number of amides is 2. The van der Waals surface area contributed by atoms with Crippen LogP contribution < -0.4 is 20.1 Å². The van der Waals surface area contributed by atoms with Gasteiger partial charge in [-0.05, 0) is 35.9 Å². The Bertz CT molecular complexity index is 1060. The molecule has 2 aromatic carbocycles. The number of nitrogens with zero attached hydrogens (tertiary/aromatic N) is 1. The highest BCUT2D eigenvalue weighted by molar-refractivity contribution is 8.00. The fourth-order valence-electron chi connectivity index (χ4n) is 2.88. The first kappa shape index (κ1) is 19.8. The zero-order valence-electron chi connectivity index (χ0n) is 16.0. The number of thioether (sulfide) groups is 1. The lowest BCUT2D eigenvalue weighted by Gasteiger charge is -2.10. The summed E-state index contributed by atoms with van der Waals surface area (Å²) < 4.78 is 10.6. The third-order valence-electron chi connectivity index (χ3n) is 4.32. The van der Waals surface area contributed by atoms with Crippen molar-refractivity contribution < 1.29 is 19.1 Å². The summed E-state index contributed by atoms with van der Waals surface area (Å²) in [5.41, 5.74) is 2.08. The van der Waals surface area contributed by atoms with Crippen LogP contribution in [0.15, 0.2) is 71.9 Å². The van der Waals surface area contributed by atoms with Gasteiger partial charge in [-0.3, -0.25) is 14.6 Å². The quantitative estimate of drug-likeness (QED) is 0.568. The van der Waals surface area contributed by atoms with Crippen LogP contribution >= 0.6 is 11.8 Å². The lowest BCUT2D eigenvalue weighted by Crippen LogP contribution is -2.23. The van der Waals surface area contributed by atoms with Crippen molar-refractivity contribution in [3.63, 3.8) is 0 Å². The molecule has 4 rings (SSSR count). The standard InChI is InChI=1S/C22H19N3O4S/c26-21(25-16-7-8-18-19(10-16)29-14-28-18)13-30-20-6-2-1-5-17(20)22(27)24-12-15-4-3-9-23-11-15/h1-11H,12-14H2,(H,24,27)(H,25,26). The van der Waals surface area contributed by atoms with Gasteiger partial charge >= 0.3 is 0 Å². The first-order valence-corrected chi connectivity index (χ1v) is 10.3. The maximum Gasteiger partial charge on any atom is 0.252 e. The van der Waals surface area contributed by atoms with Gasteiger partial charge in [-0.15, -0.1) is 11.8 Å². The minimum atomic E-state index is -0.196. The molecule has 0 radical (unpaired) electrons. The molecule has 2 amide bonds. The van der Waals surface area contributed by atoms with Crippen molar-refractivity contribution in [1.29, 1.82) is 0 Å². The maximum atomic E-state index is 12.6. The molecule has 8 heteroatoms. The van der Waals surface area contributed by atoms with E-state index < -0.39 is 0 Å². The second kappa shape index (κ2) is 9.32. The van der Waals surface area contributed by atoms with E-state index in [-0.39, 0.29) is 24.4 Å². The van der Waals surface area contributed by atoms with Gasteiger partial charge in [0.05, 0.1) is 11.3 Å². The van der Waals surface area contributed by atoms with Gasteiger partial charge in [0, 0.05) is 35.6 Å². The summed E-state index contributed by atoms with van der Waals surface area (Å²) in [6.45, 7) is 0.568. The lowest BCUT2D eigenvalue weighted by atomic mass is 10.2. The topological polar surface area (TPSA) is 89.6 Å². The molecule has 1 aliphatic rings. The molecule has 0 bridgehead atoms. The summed E-state index contributed by atoms with van der Waals surface area (Å²) in [5, 5.41) is 5.72. The van der Waals surface area contributed by atoms with E-state index in [9.17, 15) is 9.59 Å². The number of pyridine rings is 1. The molecule has 7 nitrogen and oxygen atoms in total. The van der Waals surface area contributed by atoms with Gasteiger partial charge in [-0.25, -0.2) is 0 Å². The fourth-order valence-corrected chi connectivity index (χ4v) is 3.72. The van der Waals surface area contributed by atoms with E-state index in [1.54, 1.807) is 42.7 Å². The number of anilines is 1. The molecule has 0 atom stereocenters. The number of benzene rings is 2. The van der Waals surface area contributed by atoms with E-state index in [0.717, 1.165) is 10.5 Å². The highest BCUT2D eigenvalue weighted by Gasteiger charge is 2.15. The molecule has 0 aliphatic carbocycles. The number of carbonyl (C=O) groups excluding carboxylic acids is 2. The highest BCUT2D eigenvalue weighted by Crippen LogP contribution is 2.34. The van der Waals surface area contributed by atoms with Crippen LogP contribution in [0, 0.1) is 0 Å². The molecule has 0 unspecified atom stereocenters. The van der Waals surface area contributed by atoms with Crippen LogP contribution in [0.1, 0.15) is 15.9 Å². The van der Waals surface area contributed by atoms with Crippen LogP contribution in [0.2, 0.25) is 0 Å². The van der Waals surface area contributed by atoms with E-state index in [1.165, 1.54) is 11.8 Å². The van der Waals surface area contributed by atoms with E-state index in [4.69, 9.17) is 9.47 Å². The Morgan fingerprint density at radius 3 is 2.77 bits per heavy atom. The number of hydrogen-bond donors (Lipinski definition) is 2. The summed E-state index contributed by atoms with van der Waals surface area (Å²) in [6, 6.07) is 16.2. The lowest BCUT2D eigenvalue weighted by molar-refractivity contribution is -0.113. The van der Waals surface area contributed by atoms with Crippen molar-refractivity contribution in [1.82, 2.24) is 10.3 Å². The SMILES string of the molecule is O=C(CSc1ccccc1C(=O)NCc1cccnc1)Nc1ccc2c(c1)OCO2. The molecule has 30 heavy (non-hydrogen) atoms. The van der Waals surface area contributed by atoms with Crippen molar-refractivity contribution in [2.24, 2.45) is 0 Å². The van der Waals surface area contributed by atoms with E-state index in [1.807, 2.05) is 24.3 Å². The van der Waals surface area contributed by atoms with Crippen LogP contribution in [0.3, 0.4) is 0 Å². The predicted octanol–water partition coefficient (Wildman–Crippen LogP) is 3.47. The minimum Gasteiger partial charge on any atom is -0.454 e. The number of hydrogen-bond acceptors (Lipinski definition) is 6. The molecule has 1 aliphatic heterocycles. The first-order chi connectivity index (χ1) is 14.7. The monoisotopic (exact) mass is 421 g/mol. The Labute approximate surface area is 177 Å². The Morgan fingerprint density at radius 2 is 1.90 bits per heavy atom. The van der Waals surface area contributed by atoms with Gasteiger partial charge in [0.25, 0.3) is 5.91 Å². The predicted molar refractivity (Wildman–Crippen MR) is 114 cm³/mol. The van der Waals surface area contributed by atoms with Gasteiger partial charge in [0.15, 0.2) is 11.5 Å². The second-order valence-electron chi connectivity index (χ2n) is 6.45. The van der Waals surface area contributed by atoms with Crippen molar-refractivity contribution in [2.45, 2.75) is 11.4 Å². The number of carbonyl (C=O) groups is 2. The number of nitrogens with one attached hydrogen (secondary N) is 2. The number of fused-ring (bicyclic) bond motifs is 1. The molecule has 0 saturated heterocycles. The molecule has 3 aromatic rings. The molecule has 2 N–H and O–H groups in total. The third-order valence-corrected chi connectivity index (χ3v) is 5.40. The summed E-state index contributed by atoms with van der Waals surface area (Å²) in [7, 11) is 0. The van der Waals surface area contributed by atoms with Gasteiger partial charge in [0.1, 0.15) is 0 Å². The van der Waals surface area contributed by atoms with Crippen LogP contribution in [-0.4, -0.2) is 29.3 Å². The largest absolute Gasteiger partial charge is 0.454 e. The summed E-state index contributed by atoms with van der Waals surface area (Å²) in [5.74, 6) is 1.06. The van der Waals surface area contributed by atoms with Crippen molar-refractivity contribution in [3.05, 3.63) is 78.1 Å². The first-order valence-electron chi connectivity index (χ1n) is 9.27. The number of aromatic nitrogens is 1. The number of ether oxygens (including phenoxy) is 2. The fraction of sp³-hybridized carbons (Fsp3) is 0.136. The van der Waals surface area contributed by atoms with Gasteiger partial charge in [-0.1, -0.05) is 18.2 Å². The van der Waals surface area contributed by atoms with Crippen LogP contribution in [0.5, 0.6) is 11.5 Å². The van der Waals surface area contributed by atoms with Gasteiger partial charge < -0.3 is 20.1 Å². The summed E-state index contributed by atoms with van der Waals surface area (Å²) in [6.07, 6.45) is 3.40. The Hall–Kier alpha value is -3.52. The molecule has 0 fully saturated rings. The smallest absolute Gasteiger partial charge is 0.252 e. The van der Waals surface area contributed by atoms with E-state index >= 15 is 0 Å². The molecular formula is C22H19N3O4S. The Morgan fingerprint density at radius 1 is 1.03 bits per heavy atom. The zero-order chi connectivity index (χ0) is 20.8. The molecule has 0 saturated carbocycles. The van der Waals surface area contributed by atoms with Crippen molar-refractivity contribution in [3.8, 4) is 11.5 Å². The van der Waals surface area contributed by atoms with Crippen LogP contribution in [0.25, 0.3) is 0 Å². The van der Waals surface area contributed by atoms with E-state index in [2.05, 4.69) is 15.6 Å². The molecule has 0 spiro atoms.